The molecular formula is C15H24N4O. The van der Waals surface area contributed by atoms with E-state index in [9.17, 15) is 0 Å². The van der Waals surface area contributed by atoms with E-state index in [-0.39, 0.29) is 0 Å². The summed E-state index contributed by atoms with van der Waals surface area (Å²) in [6, 6.07) is 2.97. The molecule has 1 saturated carbocycles. The molecule has 3 heterocycles. The first-order valence-electron chi connectivity index (χ1n) is 7.94. The molecule has 5 heteroatoms. The molecule has 3 aliphatic rings. The van der Waals surface area contributed by atoms with Crippen molar-refractivity contribution in [3.8, 4) is 0 Å². The molecule has 1 N–H and O–H groups in total. The van der Waals surface area contributed by atoms with Gasteiger partial charge in [0.15, 0.2) is 0 Å². The van der Waals surface area contributed by atoms with Gasteiger partial charge in [-0.05, 0) is 39.2 Å². The maximum atomic E-state index is 5.71. The first kappa shape index (κ1) is 12.7. The third-order valence-corrected chi connectivity index (χ3v) is 5.11. The largest absolute Gasteiger partial charge is 0.432 e. The Morgan fingerprint density at radius 1 is 1.25 bits per heavy atom. The van der Waals surface area contributed by atoms with Crippen LogP contribution in [-0.4, -0.2) is 48.1 Å². The Morgan fingerprint density at radius 2 is 2.10 bits per heavy atom. The number of anilines is 1. The summed E-state index contributed by atoms with van der Waals surface area (Å²) in [4.78, 5) is 9.55. The fourth-order valence-corrected chi connectivity index (χ4v) is 3.54. The summed E-state index contributed by atoms with van der Waals surface area (Å²) in [5.41, 5.74) is 1.04. The van der Waals surface area contributed by atoms with E-state index in [1.807, 2.05) is 6.26 Å². The molecule has 20 heavy (non-hydrogen) atoms. The van der Waals surface area contributed by atoms with Crippen LogP contribution in [0.4, 0.5) is 6.01 Å². The zero-order valence-electron chi connectivity index (χ0n) is 12.2. The number of hydrogen-bond donors (Lipinski definition) is 1. The van der Waals surface area contributed by atoms with E-state index in [1.165, 1.54) is 32.1 Å². The summed E-state index contributed by atoms with van der Waals surface area (Å²) in [7, 11) is 2.27. The van der Waals surface area contributed by atoms with Gasteiger partial charge in [0.25, 0.3) is 6.01 Å². The van der Waals surface area contributed by atoms with Crippen molar-refractivity contribution in [1.82, 2.24) is 15.2 Å². The molecule has 4 rings (SSSR count). The normalized spacial score (nSPS) is 30.8. The third kappa shape index (κ3) is 2.44. The van der Waals surface area contributed by atoms with Crippen molar-refractivity contribution in [3.63, 3.8) is 0 Å². The molecule has 110 valence electrons. The molecule has 0 spiro atoms. The van der Waals surface area contributed by atoms with E-state index < -0.39 is 0 Å². The van der Waals surface area contributed by atoms with Gasteiger partial charge in [-0.15, -0.1) is 0 Å². The fraction of sp³-hybridized carbons (Fsp3) is 0.800. The summed E-state index contributed by atoms with van der Waals surface area (Å²) < 4.78 is 5.71. The van der Waals surface area contributed by atoms with Crippen molar-refractivity contribution in [2.75, 3.05) is 25.0 Å². The first-order valence-corrected chi connectivity index (χ1v) is 7.94. The van der Waals surface area contributed by atoms with Gasteiger partial charge >= 0.3 is 0 Å². The van der Waals surface area contributed by atoms with Gasteiger partial charge in [-0.2, -0.15) is 4.98 Å². The smallest absolute Gasteiger partial charge is 0.297 e. The predicted molar refractivity (Wildman–Crippen MR) is 77.8 cm³/mol. The van der Waals surface area contributed by atoms with E-state index in [0.29, 0.717) is 6.04 Å². The number of likely N-dealkylation sites (N-methyl/N-ethyl adjacent to an activating group) is 1. The van der Waals surface area contributed by atoms with Crippen molar-refractivity contribution < 1.29 is 4.42 Å². The lowest BCUT2D eigenvalue weighted by molar-refractivity contribution is 0.254. The molecule has 5 nitrogen and oxygen atoms in total. The van der Waals surface area contributed by atoms with Crippen LogP contribution in [0.2, 0.25) is 0 Å². The second kappa shape index (κ2) is 5.04. The molecule has 2 saturated heterocycles. The van der Waals surface area contributed by atoms with Crippen molar-refractivity contribution >= 4 is 6.01 Å². The van der Waals surface area contributed by atoms with Gasteiger partial charge in [0.1, 0.15) is 6.26 Å². The highest BCUT2D eigenvalue weighted by atomic mass is 16.4. The summed E-state index contributed by atoms with van der Waals surface area (Å²) in [5, 5.41) is 3.49. The van der Waals surface area contributed by atoms with Gasteiger partial charge in [0, 0.05) is 37.8 Å². The molecule has 0 amide bonds. The minimum absolute atomic E-state index is 0.669. The molecule has 1 aromatic rings. The second-order valence-corrected chi connectivity index (χ2v) is 6.56. The highest BCUT2D eigenvalue weighted by Gasteiger charge is 2.35. The van der Waals surface area contributed by atoms with E-state index >= 15 is 0 Å². The number of nitrogens with one attached hydrogen (secondary N) is 1. The second-order valence-electron chi connectivity index (χ2n) is 6.56. The van der Waals surface area contributed by atoms with Crippen LogP contribution in [0.5, 0.6) is 0 Å². The zero-order valence-corrected chi connectivity index (χ0v) is 12.2. The topological polar surface area (TPSA) is 44.5 Å². The minimum atomic E-state index is 0.669. The van der Waals surface area contributed by atoms with Crippen molar-refractivity contribution in [3.05, 3.63) is 12.0 Å². The van der Waals surface area contributed by atoms with Crippen LogP contribution in [0.25, 0.3) is 0 Å². The summed E-state index contributed by atoms with van der Waals surface area (Å²) in [5.74, 6) is 0. The molecule has 1 aromatic heterocycles. The Kier molecular flexibility index (Phi) is 3.19. The SMILES string of the molecule is CN1C2CCC1CN(c1nc(CNC3CC3)co1)CC2. The Labute approximate surface area is 120 Å². The Bertz CT molecular complexity index is 470. The molecule has 2 unspecified atom stereocenters. The van der Waals surface area contributed by atoms with Crippen LogP contribution in [0.15, 0.2) is 10.7 Å². The van der Waals surface area contributed by atoms with Crippen molar-refractivity contribution in [2.24, 2.45) is 0 Å². The summed E-state index contributed by atoms with van der Waals surface area (Å²) in [6.45, 7) is 2.97. The average Bonchev–Trinajstić information content (AvgIpc) is 3.07. The maximum Gasteiger partial charge on any atom is 0.297 e. The van der Waals surface area contributed by atoms with Crippen LogP contribution < -0.4 is 10.2 Å². The van der Waals surface area contributed by atoms with Crippen LogP contribution in [0, 0.1) is 0 Å². The van der Waals surface area contributed by atoms with Gasteiger partial charge < -0.3 is 14.6 Å². The Hall–Kier alpha value is -1.07. The first-order chi connectivity index (χ1) is 9.79. The van der Waals surface area contributed by atoms with Crippen molar-refractivity contribution in [2.45, 2.75) is 56.8 Å². The van der Waals surface area contributed by atoms with Gasteiger partial charge in [0.05, 0.1) is 5.69 Å². The van der Waals surface area contributed by atoms with E-state index in [1.54, 1.807) is 0 Å². The minimum Gasteiger partial charge on any atom is -0.432 e. The third-order valence-electron chi connectivity index (χ3n) is 5.11. The number of fused-ring (bicyclic) bond motifs is 2. The number of nitrogens with zero attached hydrogens (tertiary/aromatic N) is 3. The summed E-state index contributed by atoms with van der Waals surface area (Å²) >= 11 is 0. The fourth-order valence-electron chi connectivity index (χ4n) is 3.54. The number of rotatable bonds is 4. The quantitative estimate of drug-likeness (QED) is 0.905. The van der Waals surface area contributed by atoms with Gasteiger partial charge in [-0.3, -0.25) is 4.90 Å². The number of hydrogen-bond acceptors (Lipinski definition) is 5. The van der Waals surface area contributed by atoms with E-state index in [4.69, 9.17) is 4.42 Å². The molecule has 1 aliphatic carbocycles. The van der Waals surface area contributed by atoms with Gasteiger partial charge in [0.2, 0.25) is 0 Å². The molecular weight excluding hydrogens is 252 g/mol. The number of oxazole rings is 1. The van der Waals surface area contributed by atoms with Crippen molar-refractivity contribution in [1.29, 1.82) is 0 Å². The highest BCUT2D eigenvalue weighted by Crippen LogP contribution is 2.30. The number of aromatic nitrogens is 1. The molecule has 3 fully saturated rings. The van der Waals surface area contributed by atoms with Crippen LogP contribution >= 0.6 is 0 Å². The van der Waals surface area contributed by atoms with Gasteiger partial charge in [-0.25, -0.2) is 0 Å². The molecule has 2 atom stereocenters. The molecule has 0 radical (unpaired) electrons. The Balaban J connectivity index is 1.41. The zero-order chi connectivity index (χ0) is 13.5. The lowest BCUT2D eigenvalue weighted by atomic mass is 10.1. The summed E-state index contributed by atoms with van der Waals surface area (Å²) in [6.07, 6.45) is 8.34. The highest BCUT2D eigenvalue weighted by molar-refractivity contribution is 5.28. The maximum absolute atomic E-state index is 5.71. The predicted octanol–water partition coefficient (Wildman–Crippen LogP) is 1.60. The average molecular weight is 276 g/mol. The van der Waals surface area contributed by atoms with Crippen LogP contribution in [0.3, 0.4) is 0 Å². The monoisotopic (exact) mass is 276 g/mol. The van der Waals surface area contributed by atoms with E-state index in [0.717, 1.165) is 43.4 Å². The van der Waals surface area contributed by atoms with Crippen LogP contribution in [-0.2, 0) is 6.54 Å². The molecule has 0 aromatic carbocycles. The molecule has 2 bridgehead atoms. The lowest BCUT2D eigenvalue weighted by Gasteiger charge is -2.24. The molecule has 2 aliphatic heterocycles. The standard InChI is InChI=1S/C15H24N4O/c1-18-13-4-5-14(18)9-19(7-6-13)15-17-12(10-20-15)8-16-11-2-3-11/h10-11,13-14,16H,2-9H2,1H3. The van der Waals surface area contributed by atoms with Crippen LogP contribution in [0.1, 0.15) is 37.8 Å². The Morgan fingerprint density at radius 3 is 2.95 bits per heavy atom. The van der Waals surface area contributed by atoms with Gasteiger partial charge in [-0.1, -0.05) is 0 Å². The lowest BCUT2D eigenvalue weighted by Crippen LogP contribution is -2.36. The van der Waals surface area contributed by atoms with E-state index in [2.05, 4.69) is 27.1 Å².